The topological polar surface area (TPSA) is 114 Å². The first kappa shape index (κ1) is 36.2. The minimum Gasteiger partial charge on any atom is -0.741 e. The van der Waals surface area contributed by atoms with Crippen molar-refractivity contribution in [2.24, 2.45) is 0 Å². The van der Waals surface area contributed by atoms with Crippen molar-refractivity contribution in [3.63, 3.8) is 0 Å². The number of rotatable bonds is 2. The van der Waals surface area contributed by atoms with Crippen molar-refractivity contribution in [1.29, 1.82) is 0 Å². The molecule has 0 rings (SSSR count). The number of unbranched alkanes of at least 4 members (excludes halogenated alkanes) is 2. The number of alkyl halides is 6. The summed E-state index contributed by atoms with van der Waals surface area (Å²) in [7, 11) is -12.2. The summed E-state index contributed by atoms with van der Waals surface area (Å²) in [4.78, 5) is 0. The molecule has 0 saturated heterocycles. The molecule has 152 valence electrons. The second-order valence-corrected chi connectivity index (χ2v) is 6.25. The van der Waals surface area contributed by atoms with E-state index in [4.69, 9.17) is 25.9 Å². The monoisotopic (exact) mass is 532 g/mol. The summed E-state index contributed by atoms with van der Waals surface area (Å²) >= 11 is 0. The average Bonchev–Trinajstić information content (AvgIpc) is 2.35. The predicted octanol–water partition coefficient (Wildman–Crippen LogP) is 2.96. The van der Waals surface area contributed by atoms with Crippen LogP contribution in [0.2, 0.25) is 0 Å². The Hall–Kier alpha value is 0.199. The third kappa shape index (κ3) is 29.2. The standard InChI is InChI=1S/2C4H9.2CHF3O3S.Sn/c2*1-3-4-2;2*2-1(3,4)8(5,6)7;/h2*1,3-4H2,2H3;2*(H,5,6,7);/q2*-1;;;+4/p-2. The average molecular weight is 531 g/mol. The molecule has 0 atom stereocenters. The van der Waals surface area contributed by atoms with E-state index in [2.05, 4.69) is 27.7 Å². The third-order valence-electron chi connectivity index (χ3n) is 1.27. The van der Waals surface area contributed by atoms with E-state index < -0.39 is 31.3 Å². The molecule has 0 aromatic carbocycles. The molecule has 0 saturated carbocycles. The Balaban J connectivity index is -0.0000000739. The molecule has 0 amide bonds. The van der Waals surface area contributed by atoms with Gasteiger partial charge < -0.3 is 23.0 Å². The first-order chi connectivity index (χ1) is 10.3. The molecule has 0 N–H and O–H groups in total. The molecule has 15 heteroatoms. The van der Waals surface area contributed by atoms with Crippen LogP contribution in [0.5, 0.6) is 0 Å². The second-order valence-electron chi connectivity index (χ2n) is 3.51. The maximum atomic E-state index is 10.7. The molecule has 0 aliphatic rings. The molecule has 0 aliphatic heterocycles. The summed E-state index contributed by atoms with van der Waals surface area (Å²) < 4.78 is 118. The molecule has 0 aromatic heterocycles. The zero-order valence-electron chi connectivity index (χ0n) is 13.3. The fourth-order valence-corrected chi connectivity index (χ4v) is 0. The van der Waals surface area contributed by atoms with E-state index in [1.54, 1.807) is 0 Å². The summed E-state index contributed by atoms with van der Waals surface area (Å²) in [5, 5.41) is 0. The van der Waals surface area contributed by atoms with Crippen molar-refractivity contribution < 1.29 is 52.3 Å². The maximum Gasteiger partial charge on any atom is 4.00 e. The molecule has 0 fully saturated rings. The Morgan fingerprint density at radius 1 is 0.720 bits per heavy atom. The Kier molecular flexibility index (Phi) is 23.7. The molecule has 25 heavy (non-hydrogen) atoms. The van der Waals surface area contributed by atoms with E-state index >= 15 is 0 Å². The van der Waals surface area contributed by atoms with E-state index in [1.807, 2.05) is 0 Å². The molecular formula is C10H18F6O6S2Sn. The van der Waals surface area contributed by atoms with E-state index in [1.165, 1.54) is 12.8 Å². The normalized spacial score (nSPS) is 11.4. The fourth-order valence-electron chi connectivity index (χ4n) is 0. The van der Waals surface area contributed by atoms with Gasteiger partial charge >= 0.3 is 34.9 Å². The van der Waals surface area contributed by atoms with Gasteiger partial charge in [-0.25, -0.2) is 16.8 Å². The summed E-state index contributed by atoms with van der Waals surface area (Å²) in [6, 6.07) is 0. The molecule has 6 nitrogen and oxygen atoms in total. The van der Waals surface area contributed by atoms with E-state index in [-0.39, 0.29) is 23.9 Å². The zero-order valence-corrected chi connectivity index (χ0v) is 17.8. The molecule has 0 bridgehead atoms. The fraction of sp³-hybridized carbons (Fsp3) is 0.800. The van der Waals surface area contributed by atoms with Crippen molar-refractivity contribution >= 4 is 44.1 Å². The molecule has 0 aliphatic carbocycles. The third-order valence-corrected chi connectivity index (χ3v) is 2.41. The van der Waals surface area contributed by atoms with Crippen LogP contribution in [0.25, 0.3) is 0 Å². The van der Waals surface area contributed by atoms with Crippen LogP contribution in [0.3, 0.4) is 0 Å². The molecule has 0 unspecified atom stereocenters. The van der Waals surface area contributed by atoms with Crippen LogP contribution >= 0.6 is 0 Å². The first-order valence-corrected chi connectivity index (χ1v) is 8.77. The Labute approximate surface area is 160 Å². The largest absolute Gasteiger partial charge is 4.00 e. The second kappa shape index (κ2) is 16.4. The maximum absolute atomic E-state index is 10.7. The van der Waals surface area contributed by atoms with Gasteiger partial charge in [0.15, 0.2) is 20.2 Å². The quantitative estimate of drug-likeness (QED) is 0.178. The van der Waals surface area contributed by atoms with Gasteiger partial charge in [-0.3, -0.25) is 0 Å². The SMILES string of the molecule is O=S(=O)([O-])C(F)(F)F.O=S(=O)([O-])C(F)(F)F.[CH2-]CCC.[CH2-]CCC.[Sn+4]. The van der Waals surface area contributed by atoms with Crippen molar-refractivity contribution in [2.45, 2.75) is 50.5 Å². The van der Waals surface area contributed by atoms with Gasteiger partial charge in [0.1, 0.15) is 0 Å². The van der Waals surface area contributed by atoms with Gasteiger partial charge in [-0.1, -0.05) is 26.7 Å². The summed E-state index contributed by atoms with van der Waals surface area (Å²) in [6.07, 6.45) is 4.56. The van der Waals surface area contributed by atoms with Crippen molar-refractivity contribution in [2.75, 3.05) is 0 Å². The van der Waals surface area contributed by atoms with Crippen LogP contribution in [0, 0.1) is 13.8 Å². The van der Waals surface area contributed by atoms with Crippen LogP contribution in [0.1, 0.15) is 39.5 Å². The van der Waals surface area contributed by atoms with E-state index in [0.29, 0.717) is 0 Å². The first-order valence-electron chi connectivity index (χ1n) is 5.96. The Morgan fingerprint density at radius 3 is 0.800 bits per heavy atom. The number of hydrogen-bond acceptors (Lipinski definition) is 6. The van der Waals surface area contributed by atoms with Crippen LogP contribution in [0.4, 0.5) is 26.3 Å². The Morgan fingerprint density at radius 2 is 0.800 bits per heavy atom. The number of halogens is 6. The summed E-state index contributed by atoms with van der Waals surface area (Å²) in [5.41, 5.74) is -11.3. The summed E-state index contributed by atoms with van der Waals surface area (Å²) in [5.74, 6) is 0. The van der Waals surface area contributed by atoms with Crippen LogP contribution in [-0.2, 0) is 20.2 Å². The summed E-state index contributed by atoms with van der Waals surface area (Å²) in [6.45, 7) is 11.4. The Bertz CT molecular complexity index is 437. The zero-order chi connectivity index (χ0) is 20.8. The van der Waals surface area contributed by atoms with Crippen LogP contribution < -0.4 is 0 Å². The minimum absolute atomic E-state index is 0. The number of hydrogen-bond donors (Lipinski definition) is 0. The minimum atomic E-state index is -6.09. The van der Waals surface area contributed by atoms with Gasteiger partial charge in [0.25, 0.3) is 0 Å². The smallest absolute Gasteiger partial charge is 0.741 e. The van der Waals surface area contributed by atoms with Crippen molar-refractivity contribution in [1.82, 2.24) is 0 Å². The van der Waals surface area contributed by atoms with Gasteiger partial charge in [0.2, 0.25) is 0 Å². The predicted molar refractivity (Wildman–Crippen MR) is 77.8 cm³/mol. The van der Waals surface area contributed by atoms with Gasteiger partial charge in [0, 0.05) is 0 Å². The van der Waals surface area contributed by atoms with Gasteiger partial charge in [-0.15, -0.1) is 0 Å². The van der Waals surface area contributed by atoms with E-state index in [9.17, 15) is 26.3 Å². The van der Waals surface area contributed by atoms with Crippen LogP contribution in [0.15, 0.2) is 0 Å². The molecule has 0 aromatic rings. The molecule has 0 heterocycles. The van der Waals surface area contributed by atoms with Gasteiger partial charge in [-0.2, -0.15) is 39.2 Å². The van der Waals surface area contributed by atoms with Crippen LogP contribution in [-0.4, -0.2) is 60.9 Å². The molecular weight excluding hydrogens is 513 g/mol. The van der Waals surface area contributed by atoms with Crippen molar-refractivity contribution in [3.8, 4) is 0 Å². The van der Waals surface area contributed by atoms with Gasteiger partial charge in [0.05, 0.1) is 0 Å². The van der Waals surface area contributed by atoms with Gasteiger partial charge in [-0.05, 0) is 0 Å². The van der Waals surface area contributed by atoms with E-state index in [0.717, 1.165) is 12.8 Å². The molecule has 0 radical (unpaired) electrons. The molecule has 0 spiro atoms. The van der Waals surface area contributed by atoms with Crippen molar-refractivity contribution in [3.05, 3.63) is 13.8 Å².